The lowest BCUT2D eigenvalue weighted by atomic mass is 9.92. The molecule has 7 heteroatoms. The topological polar surface area (TPSA) is 65.5 Å². The normalized spacial score (nSPS) is 11.9. The number of hydrogen-bond acceptors (Lipinski definition) is 3. The Balaban J connectivity index is 1.77. The van der Waals surface area contributed by atoms with Gasteiger partial charge in [-0.2, -0.15) is 0 Å². The van der Waals surface area contributed by atoms with Crippen LogP contribution in [0.3, 0.4) is 0 Å². The molecule has 0 spiro atoms. The SMILES string of the molecule is CCNC(=NCC(C)(C)c1cccs1)NCCNC(=O)Cc1cccc(F)c1. The van der Waals surface area contributed by atoms with E-state index in [0.29, 0.717) is 25.2 Å². The number of carbonyl (C=O) groups excluding carboxylic acids is 1. The first-order valence-electron chi connectivity index (χ1n) is 9.48. The van der Waals surface area contributed by atoms with Crippen molar-refractivity contribution < 1.29 is 9.18 Å². The molecule has 0 atom stereocenters. The van der Waals surface area contributed by atoms with Crippen molar-refractivity contribution in [2.45, 2.75) is 32.6 Å². The Morgan fingerprint density at radius 3 is 2.61 bits per heavy atom. The highest BCUT2D eigenvalue weighted by molar-refractivity contribution is 7.10. The van der Waals surface area contributed by atoms with Crippen LogP contribution in [0.4, 0.5) is 4.39 Å². The smallest absolute Gasteiger partial charge is 0.224 e. The van der Waals surface area contributed by atoms with Crippen molar-refractivity contribution in [1.29, 1.82) is 0 Å². The van der Waals surface area contributed by atoms with E-state index in [2.05, 4.69) is 52.3 Å². The molecule has 28 heavy (non-hydrogen) atoms. The average molecular weight is 405 g/mol. The van der Waals surface area contributed by atoms with E-state index in [4.69, 9.17) is 0 Å². The van der Waals surface area contributed by atoms with E-state index in [1.165, 1.54) is 17.0 Å². The first kappa shape index (κ1) is 21.9. The van der Waals surface area contributed by atoms with Gasteiger partial charge in [0, 0.05) is 29.9 Å². The quantitative estimate of drug-likeness (QED) is 0.342. The summed E-state index contributed by atoms with van der Waals surface area (Å²) in [4.78, 5) is 18.0. The van der Waals surface area contributed by atoms with E-state index in [9.17, 15) is 9.18 Å². The molecule has 1 aromatic heterocycles. The maximum atomic E-state index is 13.2. The van der Waals surface area contributed by atoms with Crippen LogP contribution < -0.4 is 16.0 Å². The van der Waals surface area contributed by atoms with Gasteiger partial charge in [-0.1, -0.05) is 32.0 Å². The van der Waals surface area contributed by atoms with E-state index >= 15 is 0 Å². The number of aliphatic imine (C=N–C) groups is 1. The van der Waals surface area contributed by atoms with Gasteiger partial charge in [-0.15, -0.1) is 11.3 Å². The van der Waals surface area contributed by atoms with Crippen molar-refractivity contribution in [3.05, 3.63) is 58.0 Å². The third-order valence-electron chi connectivity index (χ3n) is 4.16. The molecule has 0 fully saturated rings. The van der Waals surface area contributed by atoms with Gasteiger partial charge < -0.3 is 16.0 Å². The maximum absolute atomic E-state index is 13.2. The van der Waals surface area contributed by atoms with Gasteiger partial charge in [-0.05, 0) is 36.1 Å². The standard InChI is InChI=1S/C21H29FN4OS/c1-4-23-20(26-15-21(2,3)18-9-6-12-28-18)25-11-10-24-19(27)14-16-7-5-8-17(22)13-16/h5-9,12-13H,4,10-11,14-15H2,1-3H3,(H,24,27)(H2,23,25,26). The summed E-state index contributed by atoms with van der Waals surface area (Å²) >= 11 is 1.74. The van der Waals surface area contributed by atoms with Crippen LogP contribution in [-0.2, 0) is 16.6 Å². The molecule has 1 amide bonds. The number of nitrogens with one attached hydrogen (secondary N) is 3. The summed E-state index contributed by atoms with van der Waals surface area (Å²) in [5.41, 5.74) is 0.631. The Kier molecular flexibility index (Phi) is 8.44. The lowest BCUT2D eigenvalue weighted by Gasteiger charge is -2.22. The maximum Gasteiger partial charge on any atom is 0.224 e. The van der Waals surface area contributed by atoms with Crippen LogP contribution in [0.15, 0.2) is 46.8 Å². The van der Waals surface area contributed by atoms with E-state index in [1.807, 2.05) is 6.92 Å². The number of guanidine groups is 1. The van der Waals surface area contributed by atoms with E-state index < -0.39 is 0 Å². The fourth-order valence-corrected chi connectivity index (χ4v) is 3.48. The molecular weight excluding hydrogens is 375 g/mol. The molecule has 0 aliphatic rings. The van der Waals surface area contributed by atoms with Crippen LogP contribution >= 0.6 is 11.3 Å². The van der Waals surface area contributed by atoms with Crippen LogP contribution in [0.2, 0.25) is 0 Å². The molecule has 152 valence electrons. The Morgan fingerprint density at radius 1 is 1.14 bits per heavy atom. The van der Waals surface area contributed by atoms with Gasteiger partial charge in [0.15, 0.2) is 5.96 Å². The van der Waals surface area contributed by atoms with Crippen LogP contribution in [0.25, 0.3) is 0 Å². The lowest BCUT2D eigenvalue weighted by molar-refractivity contribution is -0.120. The Labute approximate surface area is 170 Å². The number of carbonyl (C=O) groups is 1. The summed E-state index contributed by atoms with van der Waals surface area (Å²) in [5.74, 6) is 0.267. The van der Waals surface area contributed by atoms with Crippen LogP contribution in [-0.4, -0.2) is 38.0 Å². The summed E-state index contributed by atoms with van der Waals surface area (Å²) in [6, 6.07) is 10.3. The monoisotopic (exact) mass is 404 g/mol. The molecule has 0 unspecified atom stereocenters. The summed E-state index contributed by atoms with van der Waals surface area (Å²) in [7, 11) is 0. The summed E-state index contributed by atoms with van der Waals surface area (Å²) in [5, 5.41) is 11.4. The molecule has 2 rings (SSSR count). The molecule has 3 N–H and O–H groups in total. The van der Waals surface area contributed by atoms with E-state index in [0.717, 1.165) is 12.5 Å². The average Bonchev–Trinajstić information content (AvgIpc) is 3.19. The molecule has 0 aliphatic carbocycles. The third kappa shape index (κ3) is 7.31. The molecule has 1 aromatic carbocycles. The van der Waals surface area contributed by atoms with Crippen LogP contribution in [0.1, 0.15) is 31.2 Å². The molecular formula is C21H29FN4OS. The highest BCUT2D eigenvalue weighted by Gasteiger charge is 2.21. The van der Waals surface area contributed by atoms with Gasteiger partial charge in [0.05, 0.1) is 13.0 Å². The predicted molar refractivity (Wildman–Crippen MR) is 114 cm³/mol. The largest absolute Gasteiger partial charge is 0.357 e. The van der Waals surface area contributed by atoms with Gasteiger partial charge in [-0.25, -0.2) is 4.39 Å². The molecule has 2 aromatic rings. The number of halogens is 1. The molecule has 5 nitrogen and oxygen atoms in total. The fraction of sp³-hybridized carbons (Fsp3) is 0.429. The number of hydrogen-bond donors (Lipinski definition) is 3. The van der Waals surface area contributed by atoms with Gasteiger partial charge in [0.2, 0.25) is 5.91 Å². The lowest BCUT2D eigenvalue weighted by Crippen LogP contribution is -2.42. The minimum absolute atomic E-state index is 0.0321. The Morgan fingerprint density at radius 2 is 1.93 bits per heavy atom. The van der Waals surface area contributed by atoms with Crippen molar-refractivity contribution in [1.82, 2.24) is 16.0 Å². The second-order valence-electron chi connectivity index (χ2n) is 7.14. The second kappa shape index (κ2) is 10.8. The summed E-state index contributed by atoms with van der Waals surface area (Å²) in [6.45, 7) is 8.82. The van der Waals surface area contributed by atoms with Crippen LogP contribution in [0, 0.1) is 5.82 Å². The fourth-order valence-electron chi connectivity index (χ4n) is 2.64. The van der Waals surface area contributed by atoms with E-state index in [1.54, 1.807) is 23.5 Å². The minimum atomic E-state index is -0.330. The molecule has 0 radical (unpaired) electrons. The third-order valence-corrected chi connectivity index (χ3v) is 5.39. The zero-order chi connectivity index (χ0) is 20.4. The number of benzene rings is 1. The van der Waals surface area contributed by atoms with Gasteiger partial charge >= 0.3 is 0 Å². The number of nitrogens with zero attached hydrogens (tertiary/aromatic N) is 1. The summed E-state index contributed by atoms with van der Waals surface area (Å²) < 4.78 is 13.2. The minimum Gasteiger partial charge on any atom is -0.357 e. The summed E-state index contributed by atoms with van der Waals surface area (Å²) in [6.07, 6.45) is 0.168. The van der Waals surface area contributed by atoms with Crippen molar-refractivity contribution in [3.8, 4) is 0 Å². The molecule has 0 saturated carbocycles. The highest BCUT2D eigenvalue weighted by atomic mass is 32.1. The van der Waals surface area contributed by atoms with Crippen molar-refractivity contribution >= 4 is 23.2 Å². The van der Waals surface area contributed by atoms with Crippen molar-refractivity contribution in [2.24, 2.45) is 4.99 Å². The first-order valence-corrected chi connectivity index (χ1v) is 10.4. The van der Waals surface area contributed by atoms with Crippen molar-refractivity contribution in [3.63, 3.8) is 0 Å². The molecule has 0 aliphatic heterocycles. The van der Waals surface area contributed by atoms with E-state index in [-0.39, 0.29) is 23.6 Å². The Hall–Kier alpha value is -2.41. The van der Waals surface area contributed by atoms with Gasteiger partial charge in [0.25, 0.3) is 0 Å². The number of rotatable bonds is 9. The van der Waals surface area contributed by atoms with Gasteiger partial charge in [-0.3, -0.25) is 9.79 Å². The number of amides is 1. The Bertz CT molecular complexity index is 774. The molecule has 0 bridgehead atoms. The van der Waals surface area contributed by atoms with Gasteiger partial charge in [0.1, 0.15) is 5.82 Å². The predicted octanol–water partition coefficient (Wildman–Crippen LogP) is 3.08. The second-order valence-corrected chi connectivity index (χ2v) is 8.09. The number of thiophene rings is 1. The molecule has 1 heterocycles. The molecule has 0 saturated heterocycles. The highest BCUT2D eigenvalue weighted by Crippen LogP contribution is 2.27. The zero-order valence-corrected chi connectivity index (χ0v) is 17.5. The van der Waals surface area contributed by atoms with Crippen LogP contribution in [0.5, 0.6) is 0 Å². The zero-order valence-electron chi connectivity index (χ0n) is 16.7. The first-order chi connectivity index (χ1) is 13.4. The van der Waals surface area contributed by atoms with Crippen molar-refractivity contribution in [2.75, 3.05) is 26.2 Å².